The SMILES string of the molecule is O=C(Nc1ccc(Oc2cccc(Br)c2)nc1)c1ccc(=O)n(-c2ccc(F)cc2)n1. The van der Waals surface area contributed by atoms with Crippen LogP contribution in [-0.2, 0) is 0 Å². The summed E-state index contributed by atoms with van der Waals surface area (Å²) < 4.78 is 20.7. The Balaban J connectivity index is 1.48. The van der Waals surface area contributed by atoms with E-state index in [1.165, 1.54) is 42.6 Å². The van der Waals surface area contributed by atoms with Gasteiger partial charge >= 0.3 is 0 Å². The summed E-state index contributed by atoms with van der Waals surface area (Å²) in [4.78, 5) is 28.8. The number of carbonyl (C=O) groups excluding carboxylic acids is 1. The number of carbonyl (C=O) groups is 1. The van der Waals surface area contributed by atoms with E-state index in [9.17, 15) is 14.0 Å². The van der Waals surface area contributed by atoms with E-state index < -0.39 is 17.3 Å². The molecule has 2 heterocycles. The number of amides is 1. The summed E-state index contributed by atoms with van der Waals surface area (Å²) in [7, 11) is 0. The van der Waals surface area contributed by atoms with Gasteiger partial charge in [0, 0.05) is 16.6 Å². The average Bonchev–Trinajstić information content (AvgIpc) is 2.76. The number of hydrogen-bond acceptors (Lipinski definition) is 5. The van der Waals surface area contributed by atoms with E-state index in [1.807, 2.05) is 12.1 Å². The Labute approximate surface area is 184 Å². The summed E-state index contributed by atoms with van der Waals surface area (Å²) in [6, 6.07) is 18.3. The van der Waals surface area contributed by atoms with Crippen molar-refractivity contribution in [2.45, 2.75) is 0 Å². The highest BCUT2D eigenvalue weighted by atomic mass is 79.9. The van der Waals surface area contributed by atoms with Crippen molar-refractivity contribution < 1.29 is 13.9 Å². The van der Waals surface area contributed by atoms with E-state index in [2.05, 4.69) is 31.3 Å². The number of anilines is 1. The van der Waals surface area contributed by atoms with Gasteiger partial charge in [-0.2, -0.15) is 9.78 Å². The van der Waals surface area contributed by atoms with E-state index in [1.54, 1.807) is 24.3 Å². The molecule has 31 heavy (non-hydrogen) atoms. The minimum absolute atomic E-state index is 0.0124. The van der Waals surface area contributed by atoms with Crippen LogP contribution in [0.4, 0.5) is 10.1 Å². The molecule has 0 unspecified atom stereocenters. The molecule has 1 N–H and O–H groups in total. The van der Waals surface area contributed by atoms with Crippen LogP contribution >= 0.6 is 15.9 Å². The first kappa shape index (κ1) is 20.4. The largest absolute Gasteiger partial charge is 0.439 e. The topological polar surface area (TPSA) is 86.1 Å². The van der Waals surface area contributed by atoms with Crippen LogP contribution < -0.4 is 15.6 Å². The van der Waals surface area contributed by atoms with Crippen LogP contribution in [0.2, 0.25) is 0 Å². The molecule has 4 aromatic rings. The highest BCUT2D eigenvalue weighted by molar-refractivity contribution is 9.10. The van der Waals surface area contributed by atoms with Gasteiger partial charge in [0.25, 0.3) is 11.5 Å². The molecule has 7 nitrogen and oxygen atoms in total. The van der Waals surface area contributed by atoms with Crippen LogP contribution in [0.15, 0.2) is 88.3 Å². The molecule has 0 saturated carbocycles. The summed E-state index contributed by atoms with van der Waals surface area (Å²) in [6.07, 6.45) is 1.45. The molecule has 154 valence electrons. The van der Waals surface area contributed by atoms with Gasteiger partial charge in [0.1, 0.15) is 17.3 Å². The molecular formula is C22H14BrFN4O3. The summed E-state index contributed by atoms with van der Waals surface area (Å²) in [5.41, 5.74) is 0.335. The van der Waals surface area contributed by atoms with Crippen molar-refractivity contribution >= 4 is 27.5 Å². The molecule has 9 heteroatoms. The maximum Gasteiger partial charge on any atom is 0.276 e. The summed E-state index contributed by atoms with van der Waals surface area (Å²) in [6.45, 7) is 0. The van der Waals surface area contributed by atoms with Gasteiger partial charge in [0.05, 0.1) is 17.6 Å². The number of aromatic nitrogens is 3. The number of hydrogen-bond donors (Lipinski definition) is 1. The first-order valence-corrected chi connectivity index (χ1v) is 9.84. The number of pyridine rings is 1. The van der Waals surface area contributed by atoms with Crippen molar-refractivity contribution in [3.8, 4) is 17.3 Å². The second kappa shape index (κ2) is 8.88. The van der Waals surface area contributed by atoms with Gasteiger partial charge in [-0.1, -0.05) is 22.0 Å². The quantitative estimate of drug-likeness (QED) is 0.451. The van der Waals surface area contributed by atoms with Gasteiger partial charge in [-0.15, -0.1) is 0 Å². The average molecular weight is 481 g/mol. The normalized spacial score (nSPS) is 10.5. The third-order valence-electron chi connectivity index (χ3n) is 4.12. The Morgan fingerprint density at radius 3 is 2.55 bits per heavy atom. The van der Waals surface area contributed by atoms with E-state index >= 15 is 0 Å². The molecule has 0 bridgehead atoms. The van der Waals surface area contributed by atoms with Crippen LogP contribution in [0.3, 0.4) is 0 Å². The Morgan fingerprint density at radius 1 is 1.03 bits per heavy atom. The zero-order chi connectivity index (χ0) is 21.8. The lowest BCUT2D eigenvalue weighted by Crippen LogP contribution is -2.24. The van der Waals surface area contributed by atoms with Gasteiger partial charge in [0.15, 0.2) is 0 Å². The molecule has 0 aliphatic rings. The molecule has 0 spiro atoms. The van der Waals surface area contributed by atoms with E-state index in [4.69, 9.17) is 4.74 Å². The fourth-order valence-corrected chi connectivity index (χ4v) is 3.04. The highest BCUT2D eigenvalue weighted by Gasteiger charge is 2.12. The van der Waals surface area contributed by atoms with Gasteiger partial charge in [-0.05, 0) is 54.6 Å². The van der Waals surface area contributed by atoms with Crippen LogP contribution in [0.25, 0.3) is 5.69 Å². The number of nitrogens with zero attached hydrogens (tertiary/aromatic N) is 3. The first-order chi connectivity index (χ1) is 15.0. The Bertz CT molecular complexity index is 1290. The fourth-order valence-electron chi connectivity index (χ4n) is 2.66. The molecule has 0 radical (unpaired) electrons. The third-order valence-corrected chi connectivity index (χ3v) is 4.61. The lowest BCUT2D eigenvalue weighted by molar-refractivity contribution is 0.102. The minimum atomic E-state index is -0.529. The van der Waals surface area contributed by atoms with Crippen LogP contribution in [0.5, 0.6) is 11.6 Å². The van der Waals surface area contributed by atoms with Crippen molar-refractivity contribution in [1.82, 2.24) is 14.8 Å². The summed E-state index contributed by atoms with van der Waals surface area (Å²) in [5, 5.41) is 6.73. The molecule has 0 aliphatic carbocycles. The third kappa shape index (κ3) is 5.01. The fraction of sp³-hybridized carbons (Fsp3) is 0. The maximum absolute atomic E-state index is 13.1. The summed E-state index contributed by atoms with van der Waals surface area (Å²) >= 11 is 3.37. The second-order valence-corrected chi connectivity index (χ2v) is 7.26. The Kier molecular flexibility index (Phi) is 5.85. The molecule has 0 fully saturated rings. The maximum atomic E-state index is 13.1. The number of rotatable bonds is 5. The zero-order valence-electron chi connectivity index (χ0n) is 15.8. The van der Waals surface area contributed by atoms with Gasteiger partial charge < -0.3 is 10.1 Å². The molecule has 0 aliphatic heterocycles. The lowest BCUT2D eigenvalue weighted by atomic mass is 10.3. The van der Waals surface area contributed by atoms with Gasteiger partial charge in [-0.3, -0.25) is 9.59 Å². The molecule has 0 saturated heterocycles. The lowest BCUT2D eigenvalue weighted by Gasteiger charge is -2.09. The molecule has 0 atom stereocenters. The van der Waals surface area contributed by atoms with Crippen molar-refractivity contribution in [2.24, 2.45) is 0 Å². The van der Waals surface area contributed by atoms with E-state index in [0.717, 1.165) is 9.15 Å². The molecule has 2 aromatic heterocycles. The Hall–Kier alpha value is -3.85. The van der Waals surface area contributed by atoms with Crippen molar-refractivity contribution in [3.63, 3.8) is 0 Å². The first-order valence-electron chi connectivity index (χ1n) is 9.05. The predicted octanol–water partition coefficient (Wildman–Crippen LogP) is 4.57. The Morgan fingerprint density at radius 2 is 1.84 bits per heavy atom. The van der Waals surface area contributed by atoms with Crippen molar-refractivity contribution in [3.05, 3.63) is 105 Å². The number of benzene rings is 2. The minimum Gasteiger partial charge on any atom is -0.439 e. The van der Waals surface area contributed by atoms with Gasteiger partial charge in [0.2, 0.25) is 5.88 Å². The van der Waals surface area contributed by atoms with Gasteiger partial charge in [-0.25, -0.2) is 9.37 Å². The zero-order valence-corrected chi connectivity index (χ0v) is 17.4. The van der Waals surface area contributed by atoms with Crippen molar-refractivity contribution in [1.29, 1.82) is 0 Å². The highest BCUT2D eigenvalue weighted by Crippen LogP contribution is 2.23. The monoisotopic (exact) mass is 480 g/mol. The van der Waals surface area contributed by atoms with E-state index in [-0.39, 0.29) is 5.69 Å². The smallest absolute Gasteiger partial charge is 0.276 e. The van der Waals surface area contributed by atoms with E-state index in [0.29, 0.717) is 23.0 Å². The number of halogens is 2. The van der Waals surface area contributed by atoms with Crippen molar-refractivity contribution in [2.75, 3.05) is 5.32 Å². The number of ether oxygens (including phenoxy) is 1. The van der Waals surface area contributed by atoms with Crippen LogP contribution in [0.1, 0.15) is 10.5 Å². The number of nitrogens with one attached hydrogen (secondary N) is 1. The van der Waals surface area contributed by atoms with Crippen LogP contribution in [-0.4, -0.2) is 20.7 Å². The van der Waals surface area contributed by atoms with Crippen LogP contribution in [0, 0.1) is 5.82 Å². The second-order valence-electron chi connectivity index (χ2n) is 6.34. The molecule has 1 amide bonds. The molecular weight excluding hydrogens is 467 g/mol. The standard InChI is InChI=1S/C22H14BrFN4O3/c23-14-2-1-3-18(12-14)31-20-10-6-16(13-25-20)26-22(30)19-9-11-21(29)28(27-19)17-7-4-15(24)5-8-17/h1-13H,(H,26,30). The predicted molar refractivity (Wildman–Crippen MR) is 116 cm³/mol. The molecule has 4 rings (SSSR count). The molecule has 2 aromatic carbocycles. The summed E-state index contributed by atoms with van der Waals surface area (Å²) in [5.74, 6) is 0.00818.